The highest BCUT2D eigenvalue weighted by Crippen LogP contribution is 2.17. The Balaban J connectivity index is 1.32. The van der Waals surface area contributed by atoms with Crippen molar-refractivity contribution in [2.45, 2.75) is 31.5 Å². The van der Waals surface area contributed by atoms with Crippen molar-refractivity contribution in [2.75, 3.05) is 39.4 Å². The van der Waals surface area contributed by atoms with Crippen LogP contribution in [0.15, 0.2) is 30.6 Å². The van der Waals surface area contributed by atoms with Gasteiger partial charge in [0.25, 0.3) is 0 Å². The quantitative estimate of drug-likeness (QED) is 0.872. The van der Waals surface area contributed by atoms with Gasteiger partial charge in [-0.3, -0.25) is 9.69 Å². The molecule has 1 N–H and O–H groups in total. The van der Waals surface area contributed by atoms with Gasteiger partial charge in [0.15, 0.2) is 0 Å². The topological polar surface area (TPSA) is 70.8 Å². The van der Waals surface area contributed by atoms with Crippen LogP contribution in [0.1, 0.15) is 12.8 Å². The van der Waals surface area contributed by atoms with Gasteiger partial charge in [0.1, 0.15) is 0 Å². The number of carbonyl (C=O) groups excluding carboxylic acids is 1. The number of fused-ring (bicyclic) bond motifs is 1. The largest absolute Gasteiger partial charge is 0.389 e. The minimum atomic E-state index is -0.410. The van der Waals surface area contributed by atoms with Gasteiger partial charge in [-0.1, -0.05) is 12.1 Å². The maximum absolute atomic E-state index is 12.7. The lowest BCUT2D eigenvalue weighted by atomic mass is 10.2. The van der Waals surface area contributed by atoms with Gasteiger partial charge in [-0.25, -0.2) is 4.98 Å². The van der Waals surface area contributed by atoms with E-state index in [9.17, 15) is 9.90 Å². The maximum atomic E-state index is 12.7. The molecule has 2 aliphatic heterocycles. The molecule has 4 rings (SSSR count). The molecule has 3 heterocycles. The first-order valence-corrected chi connectivity index (χ1v) is 9.40. The molecule has 2 saturated heterocycles. The van der Waals surface area contributed by atoms with Gasteiger partial charge in [-0.05, 0) is 18.6 Å². The molecule has 1 amide bonds. The van der Waals surface area contributed by atoms with Crippen molar-refractivity contribution in [3.63, 3.8) is 0 Å². The number of aryl methyl sites for hydroxylation is 1. The van der Waals surface area contributed by atoms with E-state index in [0.29, 0.717) is 32.7 Å². The molecule has 0 saturated carbocycles. The van der Waals surface area contributed by atoms with Crippen LogP contribution in [-0.2, 0) is 16.1 Å². The van der Waals surface area contributed by atoms with Crippen molar-refractivity contribution in [3.8, 4) is 0 Å². The Morgan fingerprint density at radius 2 is 2.08 bits per heavy atom. The van der Waals surface area contributed by atoms with Gasteiger partial charge in [-0.2, -0.15) is 0 Å². The van der Waals surface area contributed by atoms with Crippen LogP contribution in [0.3, 0.4) is 0 Å². The Morgan fingerprint density at radius 1 is 1.19 bits per heavy atom. The van der Waals surface area contributed by atoms with Gasteiger partial charge in [0.05, 0.1) is 42.7 Å². The minimum Gasteiger partial charge on any atom is -0.389 e. The number of imidazole rings is 1. The second-order valence-corrected chi connectivity index (χ2v) is 7.12. The van der Waals surface area contributed by atoms with Crippen molar-refractivity contribution in [1.29, 1.82) is 0 Å². The molecule has 0 aliphatic carbocycles. The van der Waals surface area contributed by atoms with Crippen molar-refractivity contribution in [1.82, 2.24) is 19.4 Å². The van der Waals surface area contributed by atoms with Crippen LogP contribution in [0.5, 0.6) is 0 Å². The number of rotatable bonds is 4. The highest BCUT2D eigenvalue weighted by molar-refractivity contribution is 5.77. The normalized spacial score (nSPS) is 24.9. The van der Waals surface area contributed by atoms with E-state index in [1.54, 1.807) is 0 Å². The molecular weight excluding hydrogens is 332 g/mol. The number of hydrogen-bond acceptors (Lipinski definition) is 5. The fraction of sp³-hybridized carbons (Fsp3) is 0.579. The van der Waals surface area contributed by atoms with Crippen molar-refractivity contribution < 1.29 is 14.6 Å². The number of amides is 1. The van der Waals surface area contributed by atoms with Crippen LogP contribution in [0.4, 0.5) is 0 Å². The first kappa shape index (κ1) is 17.5. The second kappa shape index (κ2) is 7.73. The summed E-state index contributed by atoms with van der Waals surface area (Å²) in [6.07, 6.45) is 2.81. The lowest BCUT2D eigenvalue weighted by Crippen LogP contribution is -2.45. The molecule has 0 radical (unpaired) electrons. The lowest BCUT2D eigenvalue weighted by Gasteiger charge is -2.28. The highest BCUT2D eigenvalue weighted by Gasteiger charge is 2.33. The van der Waals surface area contributed by atoms with Crippen LogP contribution in [0, 0.1) is 0 Å². The van der Waals surface area contributed by atoms with Crippen LogP contribution in [-0.4, -0.2) is 81.9 Å². The summed E-state index contributed by atoms with van der Waals surface area (Å²) in [4.78, 5) is 21.3. The molecule has 1 aromatic carbocycles. The number of ether oxygens (including phenoxy) is 1. The fourth-order valence-corrected chi connectivity index (χ4v) is 3.96. The third kappa shape index (κ3) is 3.60. The maximum Gasteiger partial charge on any atom is 0.224 e. The average molecular weight is 358 g/mol. The molecule has 1 aromatic heterocycles. The number of aliphatic hydroxyl groups is 1. The number of carbonyl (C=O) groups is 1. The van der Waals surface area contributed by atoms with E-state index in [1.165, 1.54) is 0 Å². The molecule has 7 nitrogen and oxygen atoms in total. The Bertz CT molecular complexity index is 762. The summed E-state index contributed by atoms with van der Waals surface area (Å²) in [6, 6.07) is 8.05. The average Bonchev–Trinajstić information content (AvgIpc) is 3.18. The van der Waals surface area contributed by atoms with E-state index < -0.39 is 6.10 Å². The minimum absolute atomic E-state index is 0.0716. The van der Waals surface area contributed by atoms with Gasteiger partial charge in [0, 0.05) is 39.1 Å². The van der Waals surface area contributed by atoms with Crippen LogP contribution < -0.4 is 0 Å². The lowest BCUT2D eigenvalue weighted by molar-refractivity contribution is -0.131. The number of benzene rings is 1. The standard InChI is InChI=1S/C19H26N4O3/c24-18-13-26-12-17(18)21-7-3-8-22(11-10-21)19(25)6-9-23-14-20-15-4-1-2-5-16(15)23/h1-2,4-5,14,17-18,24H,3,6-13H2. The van der Waals surface area contributed by atoms with E-state index in [-0.39, 0.29) is 11.9 Å². The molecule has 0 spiro atoms. The summed E-state index contributed by atoms with van der Waals surface area (Å²) >= 11 is 0. The molecule has 2 unspecified atom stereocenters. The van der Waals surface area contributed by atoms with Gasteiger partial charge >= 0.3 is 0 Å². The SMILES string of the molecule is O=C(CCn1cnc2ccccc21)N1CCCN(C2COCC2O)CC1. The zero-order valence-electron chi connectivity index (χ0n) is 15.0. The molecule has 2 aromatic rings. The van der Waals surface area contributed by atoms with Crippen LogP contribution in [0.25, 0.3) is 11.0 Å². The molecule has 7 heteroatoms. The van der Waals surface area contributed by atoms with E-state index in [2.05, 4.69) is 9.88 Å². The molecule has 2 aliphatic rings. The number of hydrogen-bond donors (Lipinski definition) is 1. The van der Waals surface area contributed by atoms with Crippen LogP contribution >= 0.6 is 0 Å². The predicted octanol–water partition coefficient (Wildman–Crippen LogP) is 0.720. The molecule has 2 atom stereocenters. The number of aliphatic hydroxyl groups excluding tert-OH is 1. The summed E-state index contributed by atoms with van der Waals surface area (Å²) in [5.41, 5.74) is 2.03. The Kier molecular flexibility index (Phi) is 5.19. The first-order chi connectivity index (χ1) is 12.7. The zero-order chi connectivity index (χ0) is 17.9. The Labute approximate surface area is 153 Å². The summed E-state index contributed by atoms with van der Waals surface area (Å²) in [5, 5.41) is 10.0. The summed E-state index contributed by atoms with van der Waals surface area (Å²) in [7, 11) is 0. The zero-order valence-corrected chi connectivity index (χ0v) is 15.0. The van der Waals surface area contributed by atoms with Crippen molar-refractivity contribution in [3.05, 3.63) is 30.6 Å². The van der Waals surface area contributed by atoms with Crippen molar-refractivity contribution in [2.24, 2.45) is 0 Å². The molecule has 0 bridgehead atoms. The number of aromatic nitrogens is 2. The fourth-order valence-electron chi connectivity index (χ4n) is 3.96. The predicted molar refractivity (Wildman–Crippen MR) is 97.7 cm³/mol. The molecular formula is C19H26N4O3. The number of nitrogens with zero attached hydrogens (tertiary/aromatic N) is 4. The highest BCUT2D eigenvalue weighted by atomic mass is 16.5. The number of para-hydroxylation sites is 2. The van der Waals surface area contributed by atoms with Gasteiger partial charge in [0.2, 0.25) is 5.91 Å². The summed E-state index contributed by atoms with van der Waals surface area (Å²) in [6.45, 7) is 4.85. The van der Waals surface area contributed by atoms with Crippen LogP contribution in [0.2, 0.25) is 0 Å². The molecule has 2 fully saturated rings. The molecule has 26 heavy (non-hydrogen) atoms. The summed E-state index contributed by atoms with van der Waals surface area (Å²) in [5.74, 6) is 0.188. The first-order valence-electron chi connectivity index (χ1n) is 9.40. The smallest absolute Gasteiger partial charge is 0.224 e. The third-order valence-corrected chi connectivity index (χ3v) is 5.47. The van der Waals surface area contributed by atoms with Crippen molar-refractivity contribution >= 4 is 16.9 Å². The Morgan fingerprint density at radius 3 is 2.92 bits per heavy atom. The van der Waals surface area contributed by atoms with Gasteiger partial charge in [-0.15, -0.1) is 0 Å². The molecule has 140 valence electrons. The van der Waals surface area contributed by atoms with E-state index in [0.717, 1.165) is 37.1 Å². The second-order valence-electron chi connectivity index (χ2n) is 7.12. The van der Waals surface area contributed by atoms with E-state index >= 15 is 0 Å². The third-order valence-electron chi connectivity index (χ3n) is 5.47. The summed E-state index contributed by atoms with van der Waals surface area (Å²) < 4.78 is 7.42. The monoisotopic (exact) mass is 358 g/mol. The van der Waals surface area contributed by atoms with E-state index in [4.69, 9.17) is 4.74 Å². The van der Waals surface area contributed by atoms with E-state index in [1.807, 2.05) is 40.1 Å². The van der Waals surface area contributed by atoms with Gasteiger partial charge < -0.3 is 19.3 Å². The Hall–Kier alpha value is -1.96.